The van der Waals surface area contributed by atoms with E-state index in [9.17, 15) is 0 Å². The summed E-state index contributed by atoms with van der Waals surface area (Å²) in [5, 5.41) is 0. The van der Waals surface area contributed by atoms with Crippen LogP contribution in [0.25, 0.3) is 0 Å². The van der Waals surface area contributed by atoms with Gasteiger partial charge in [-0.1, -0.05) is 27.2 Å². The van der Waals surface area contributed by atoms with Crippen LogP contribution in [0.2, 0.25) is 0 Å². The van der Waals surface area contributed by atoms with Crippen LogP contribution in [0.5, 0.6) is 0 Å². The first-order valence-corrected chi connectivity index (χ1v) is 10.1. The lowest BCUT2D eigenvalue weighted by molar-refractivity contribution is -0.00458. The van der Waals surface area contributed by atoms with E-state index in [2.05, 4.69) is 11.8 Å². The summed E-state index contributed by atoms with van der Waals surface area (Å²) in [5.74, 6) is 0. The van der Waals surface area contributed by atoms with Gasteiger partial charge in [0.25, 0.3) is 0 Å². The van der Waals surface area contributed by atoms with Crippen LogP contribution in [-0.4, -0.2) is 83.4 Å². The Bertz CT molecular complexity index is 262. The average molecular weight is 399 g/mol. The van der Waals surface area contributed by atoms with E-state index in [1.54, 1.807) is 0 Å². The van der Waals surface area contributed by atoms with Gasteiger partial charge in [-0.15, -0.1) is 0 Å². The molecule has 0 aromatic carbocycles. The molecule has 1 heterocycles. The fourth-order valence-corrected chi connectivity index (χ4v) is 2.38. The molecule has 1 rings (SSSR count). The third-order valence-corrected chi connectivity index (χ3v) is 3.94. The summed E-state index contributed by atoms with van der Waals surface area (Å²) in [6.07, 6.45) is 4.50. The molecule has 0 aromatic heterocycles. The Kier molecular flexibility index (Phi) is 25.2. The van der Waals surface area contributed by atoms with Crippen molar-refractivity contribution in [1.29, 1.82) is 0 Å². The fourth-order valence-electron chi connectivity index (χ4n) is 2.38. The molecule has 7 heteroatoms. The van der Waals surface area contributed by atoms with Gasteiger partial charge in [0.15, 0.2) is 0 Å². The van der Waals surface area contributed by atoms with Crippen molar-refractivity contribution in [2.75, 3.05) is 72.5 Å². The second kappa shape index (κ2) is 23.1. The van der Waals surface area contributed by atoms with Crippen molar-refractivity contribution in [1.82, 2.24) is 4.90 Å². The average Bonchev–Trinajstić information content (AvgIpc) is 2.65. The predicted molar refractivity (Wildman–Crippen MR) is 116 cm³/mol. The minimum absolute atomic E-state index is 0. The third kappa shape index (κ3) is 18.9. The molecule has 0 aromatic rings. The number of hydrogen-bond acceptors (Lipinski definition) is 6. The maximum atomic E-state index is 5.89. The zero-order chi connectivity index (χ0) is 18.6. The van der Waals surface area contributed by atoms with Crippen LogP contribution in [-0.2, 0) is 18.9 Å². The molecule has 162 valence electrons. The van der Waals surface area contributed by atoms with Crippen molar-refractivity contribution in [2.24, 2.45) is 5.73 Å². The normalized spacial score (nSPS) is 15.2. The maximum absolute atomic E-state index is 5.89. The number of unbranched alkanes of at least 4 members (excludes halogenated alkanes) is 1. The minimum atomic E-state index is 0. The molecule has 1 aliphatic heterocycles. The quantitative estimate of drug-likeness (QED) is 0.428. The number of rotatable bonds is 15. The number of piperidine rings is 1. The van der Waals surface area contributed by atoms with Crippen LogP contribution in [0.3, 0.4) is 0 Å². The van der Waals surface area contributed by atoms with Gasteiger partial charge in [-0.05, 0) is 32.4 Å². The largest absolute Gasteiger partial charge is 0.379 e. The van der Waals surface area contributed by atoms with E-state index < -0.39 is 0 Å². The van der Waals surface area contributed by atoms with Crippen molar-refractivity contribution in [3.05, 3.63) is 0 Å². The molecule has 0 amide bonds. The van der Waals surface area contributed by atoms with E-state index in [1.807, 2.05) is 13.8 Å². The highest BCUT2D eigenvalue weighted by molar-refractivity contribution is 7.59. The molecule has 6 nitrogen and oxygen atoms in total. The van der Waals surface area contributed by atoms with Gasteiger partial charge >= 0.3 is 0 Å². The van der Waals surface area contributed by atoms with Gasteiger partial charge < -0.3 is 29.6 Å². The molecule has 2 N–H and O–H groups in total. The van der Waals surface area contributed by atoms with Crippen LogP contribution in [0.15, 0.2) is 0 Å². The zero-order valence-electron chi connectivity index (χ0n) is 17.3. The first-order chi connectivity index (χ1) is 12.3. The Balaban J connectivity index is -0.00000139. The summed E-state index contributed by atoms with van der Waals surface area (Å²) >= 11 is 0. The Morgan fingerprint density at radius 3 is 1.69 bits per heavy atom. The van der Waals surface area contributed by atoms with Gasteiger partial charge in [0.1, 0.15) is 0 Å². The van der Waals surface area contributed by atoms with Crippen molar-refractivity contribution in [3.63, 3.8) is 0 Å². The monoisotopic (exact) mass is 398 g/mol. The zero-order valence-corrected chi connectivity index (χ0v) is 18.3. The number of ether oxygens (including phenoxy) is 4. The van der Waals surface area contributed by atoms with Gasteiger partial charge in [-0.3, -0.25) is 0 Å². The van der Waals surface area contributed by atoms with E-state index >= 15 is 0 Å². The van der Waals surface area contributed by atoms with E-state index in [1.165, 1.54) is 6.42 Å². The Morgan fingerprint density at radius 2 is 1.23 bits per heavy atom. The van der Waals surface area contributed by atoms with Crippen LogP contribution >= 0.6 is 13.5 Å². The number of nitrogens with zero attached hydrogens (tertiary/aromatic N) is 1. The van der Waals surface area contributed by atoms with Crippen LogP contribution in [0.4, 0.5) is 0 Å². The predicted octanol–water partition coefficient (Wildman–Crippen LogP) is 2.66. The van der Waals surface area contributed by atoms with E-state index in [4.69, 9.17) is 24.7 Å². The molecule has 1 saturated heterocycles. The Morgan fingerprint density at radius 1 is 0.808 bits per heavy atom. The smallest absolute Gasteiger partial charge is 0.0701 e. The van der Waals surface area contributed by atoms with Crippen LogP contribution in [0.1, 0.15) is 47.9 Å². The summed E-state index contributed by atoms with van der Waals surface area (Å²) in [6, 6.07) is 0.394. The van der Waals surface area contributed by atoms with E-state index in [0.717, 1.165) is 52.1 Å². The van der Waals surface area contributed by atoms with Gasteiger partial charge in [0.05, 0.1) is 46.2 Å². The van der Waals surface area contributed by atoms with Crippen LogP contribution < -0.4 is 5.73 Å². The molecule has 0 unspecified atom stereocenters. The number of hydrogen-bond donors (Lipinski definition) is 1. The molecule has 0 radical (unpaired) electrons. The standard InChI is InChI=1S/C17H36N2O4.C2H6.H2S.H2/c1-2-3-9-20-11-13-22-15-16-23-14-12-21-10-8-19-6-4-17(18)5-7-19;1-2;;/h17H,2-16,18H2,1H3;1-2H3;1H2;1H. The summed E-state index contributed by atoms with van der Waals surface area (Å²) < 4.78 is 21.9. The highest BCUT2D eigenvalue weighted by Gasteiger charge is 2.14. The van der Waals surface area contributed by atoms with Crippen molar-refractivity contribution in [3.8, 4) is 0 Å². The highest BCUT2D eigenvalue weighted by atomic mass is 32.1. The second-order valence-electron chi connectivity index (χ2n) is 5.98. The molecular formula is C19H46N2O4S. The van der Waals surface area contributed by atoms with Gasteiger partial charge in [-0.2, -0.15) is 13.5 Å². The lowest BCUT2D eigenvalue weighted by atomic mass is 10.1. The lowest BCUT2D eigenvalue weighted by Crippen LogP contribution is -2.41. The first kappa shape index (κ1) is 28.3. The fraction of sp³-hybridized carbons (Fsp3) is 1.00. The maximum Gasteiger partial charge on any atom is 0.0701 e. The summed E-state index contributed by atoms with van der Waals surface area (Å²) in [4.78, 5) is 2.42. The molecular weight excluding hydrogens is 352 g/mol. The second-order valence-corrected chi connectivity index (χ2v) is 5.98. The Hall–Kier alpha value is 0.110. The Labute approximate surface area is 170 Å². The van der Waals surface area contributed by atoms with Crippen LogP contribution in [0, 0.1) is 0 Å². The molecule has 0 saturated carbocycles. The van der Waals surface area contributed by atoms with Gasteiger partial charge in [0.2, 0.25) is 0 Å². The molecule has 1 aliphatic rings. The van der Waals surface area contributed by atoms with Crippen molar-refractivity contribution >= 4 is 13.5 Å². The summed E-state index contributed by atoms with van der Waals surface area (Å²) in [6.45, 7) is 14.8. The molecule has 26 heavy (non-hydrogen) atoms. The van der Waals surface area contributed by atoms with Crippen molar-refractivity contribution in [2.45, 2.75) is 52.5 Å². The van der Waals surface area contributed by atoms with E-state index in [0.29, 0.717) is 45.7 Å². The van der Waals surface area contributed by atoms with Gasteiger partial charge in [0, 0.05) is 20.6 Å². The summed E-state index contributed by atoms with van der Waals surface area (Å²) in [5.41, 5.74) is 5.89. The molecule has 0 aliphatic carbocycles. The van der Waals surface area contributed by atoms with Crippen molar-refractivity contribution < 1.29 is 20.4 Å². The van der Waals surface area contributed by atoms with E-state index in [-0.39, 0.29) is 14.9 Å². The summed E-state index contributed by atoms with van der Waals surface area (Å²) in [7, 11) is 0. The molecule has 1 fully saturated rings. The third-order valence-electron chi connectivity index (χ3n) is 3.94. The lowest BCUT2D eigenvalue weighted by Gasteiger charge is -2.29. The number of nitrogens with two attached hydrogens (primary N) is 1. The molecule has 0 bridgehead atoms. The highest BCUT2D eigenvalue weighted by Crippen LogP contribution is 2.07. The van der Waals surface area contributed by atoms with Gasteiger partial charge in [-0.25, -0.2) is 0 Å². The first-order valence-electron chi connectivity index (χ1n) is 10.1. The minimum Gasteiger partial charge on any atom is -0.379 e. The SMILES string of the molecule is CC.CCCCOCCOCCOCCOCCN1CCC(N)CC1.S.[HH]. The number of likely N-dealkylation sites (tertiary alicyclic amines) is 1. The molecule has 0 atom stereocenters. The topological polar surface area (TPSA) is 66.2 Å². The molecule has 0 spiro atoms.